The lowest BCUT2D eigenvalue weighted by Crippen LogP contribution is -2.55. The van der Waals surface area contributed by atoms with E-state index in [0.29, 0.717) is 17.4 Å². The molecule has 4 heteroatoms. The van der Waals surface area contributed by atoms with Crippen LogP contribution >= 0.6 is 0 Å². The van der Waals surface area contributed by atoms with Crippen LogP contribution in [0.15, 0.2) is 0 Å². The second kappa shape index (κ2) is 9.36. The van der Waals surface area contributed by atoms with Gasteiger partial charge in [0.15, 0.2) is 0 Å². The fourth-order valence-electron chi connectivity index (χ4n) is 10.2. The number of aliphatic hydroxyl groups excluding tert-OH is 1. The molecule has 5 aliphatic carbocycles. The standard InChI is InChI=1S/C29H49NO3/c1-19-18-21-23-13-12-20(8-7-17-33-27(32)30-25-10-6-11-26(25)31)28(23,2)16-14-24(21)29(3)15-5-4-9-22(19)29/h19-26,31H,4-18H2,1-3H3,(H,30,32)/t19-,20?,21?,22?,23?,24-,25?,26?,28?,29-/m0/s1. The number of hydrogen-bond acceptors (Lipinski definition) is 3. The Labute approximate surface area is 202 Å². The summed E-state index contributed by atoms with van der Waals surface area (Å²) in [6.07, 6.45) is 17.1. The largest absolute Gasteiger partial charge is 0.450 e. The summed E-state index contributed by atoms with van der Waals surface area (Å²) < 4.78 is 5.49. The van der Waals surface area contributed by atoms with Crippen molar-refractivity contribution in [1.82, 2.24) is 5.32 Å². The quantitative estimate of drug-likeness (QED) is 0.450. The van der Waals surface area contributed by atoms with Gasteiger partial charge in [0.1, 0.15) is 0 Å². The van der Waals surface area contributed by atoms with E-state index >= 15 is 0 Å². The van der Waals surface area contributed by atoms with Crippen LogP contribution < -0.4 is 5.32 Å². The van der Waals surface area contributed by atoms with Crippen LogP contribution in [0.4, 0.5) is 4.79 Å². The van der Waals surface area contributed by atoms with Gasteiger partial charge < -0.3 is 15.2 Å². The van der Waals surface area contributed by atoms with Gasteiger partial charge in [-0.15, -0.1) is 0 Å². The van der Waals surface area contributed by atoms with Gasteiger partial charge in [-0.3, -0.25) is 0 Å². The molecule has 33 heavy (non-hydrogen) atoms. The second-order valence-corrected chi connectivity index (χ2v) is 13.3. The minimum atomic E-state index is -0.406. The minimum Gasteiger partial charge on any atom is -0.450 e. The summed E-state index contributed by atoms with van der Waals surface area (Å²) in [5.74, 6) is 5.50. The van der Waals surface area contributed by atoms with Crippen molar-refractivity contribution < 1.29 is 14.6 Å². The summed E-state index contributed by atoms with van der Waals surface area (Å²) >= 11 is 0. The summed E-state index contributed by atoms with van der Waals surface area (Å²) in [5, 5.41) is 12.8. The van der Waals surface area contributed by atoms with Crippen LogP contribution in [0.3, 0.4) is 0 Å². The second-order valence-electron chi connectivity index (χ2n) is 13.3. The number of aliphatic hydroxyl groups is 1. The highest BCUT2D eigenvalue weighted by Crippen LogP contribution is 2.68. The first kappa shape index (κ1) is 23.9. The molecule has 5 rings (SSSR count). The average Bonchev–Trinajstić information content (AvgIpc) is 3.33. The van der Waals surface area contributed by atoms with Crippen LogP contribution in [0.2, 0.25) is 0 Å². The van der Waals surface area contributed by atoms with Gasteiger partial charge in [-0.05, 0) is 123 Å². The third-order valence-corrected chi connectivity index (χ3v) is 11.9. The highest BCUT2D eigenvalue weighted by atomic mass is 16.5. The summed E-state index contributed by atoms with van der Waals surface area (Å²) in [6.45, 7) is 8.40. The monoisotopic (exact) mass is 459 g/mol. The lowest BCUT2D eigenvalue weighted by atomic mass is 9.43. The molecular formula is C29H49NO3. The van der Waals surface area contributed by atoms with E-state index in [1.165, 1.54) is 64.2 Å². The van der Waals surface area contributed by atoms with E-state index in [0.717, 1.165) is 61.2 Å². The first-order valence-electron chi connectivity index (χ1n) is 14.4. The van der Waals surface area contributed by atoms with Gasteiger partial charge >= 0.3 is 6.09 Å². The van der Waals surface area contributed by atoms with Crippen molar-refractivity contribution in [3.05, 3.63) is 0 Å². The smallest absolute Gasteiger partial charge is 0.407 e. The molecule has 0 saturated heterocycles. The van der Waals surface area contributed by atoms with Gasteiger partial charge in [0.25, 0.3) is 0 Å². The van der Waals surface area contributed by atoms with Gasteiger partial charge in [0.2, 0.25) is 0 Å². The van der Waals surface area contributed by atoms with Crippen LogP contribution in [0, 0.1) is 46.3 Å². The maximum absolute atomic E-state index is 12.1. The highest BCUT2D eigenvalue weighted by Gasteiger charge is 2.60. The zero-order valence-corrected chi connectivity index (χ0v) is 21.5. The van der Waals surface area contributed by atoms with Gasteiger partial charge in [-0.1, -0.05) is 33.6 Å². The molecule has 1 amide bonds. The van der Waals surface area contributed by atoms with E-state index in [9.17, 15) is 9.90 Å². The summed E-state index contributed by atoms with van der Waals surface area (Å²) in [6, 6.07) is -0.120. The van der Waals surface area contributed by atoms with E-state index in [1.54, 1.807) is 0 Å². The first-order chi connectivity index (χ1) is 15.8. The Balaban J connectivity index is 1.14. The molecule has 0 aliphatic heterocycles. The van der Waals surface area contributed by atoms with Crippen LogP contribution in [0.1, 0.15) is 111 Å². The van der Waals surface area contributed by atoms with Gasteiger partial charge in [0.05, 0.1) is 18.8 Å². The lowest BCUT2D eigenvalue weighted by Gasteiger charge is -2.62. The van der Waals surface area contributed by atoms with Crippen molar-refractivity contribution in [3.63, 3.8) is 0 Å². The zero-order valence-electron chi connectivity index (χ0n) is 21.5. The normalized spacial score (nSPS) is 49.1. The predicted octanol–water partition coefficient (Wildman–Crippen LogP) is 6.70. The summed E-state index contributed by atoms with van der Waals surface area (Å²) in [4.78, 5) is 12.1. The molecule has 0 aromatic rings. The van der Waals surface area contributed by atoms with Crippen molar-refractivity contribution in [2.75, 3.05) is 6.61 Å². The number of carbonyl (C=O) groups excluding carboxylic acids is 1. The van der Waals surface area contributed by atoms with Crippen LogP contribution in [0.5, 0.6) is 0 Å². The zero-order chi connectivity index (χ0) is 23.2. The number of nitrogens with one attached hydrogen (secondary N) is 1. The molecule has 5 aliphatic rings. The number of ether oxygens (including phenoxy) is 1. The van der Waals surface area contributed by atoms with Gasteiger partial charge in [-0.2, -0.15) is 0 Å². The Hall–Kier alpha value is -0.770. The molecule has 188 valence electrons. The van der Waals surface area contributed by atoms with E-state index < -0.39 is 6.10 Å². The van der Waals surface area contributed by atoms with Crippen LogP contribution in [-0.4, -0.2) is 30.0 Å². The number of amides is 1. The summed E-state index contributed by atoms with van der Waals surface area (Å²) in [7, 11) is 0. The minimum absolute atomic E-state index is 0.120. The Morgan fingerprint density at radius 3 is 2.55 bits per heavy atom. The predicted molar refractivity (Wildman–Crippen MR) is 132 cm³/mol. The Morgan fingerprint density at radius 1 is 0.939 bits per heavy atom. The van der Waals surface area contributed by atoms with Crippen molar-refractivity contribution in [1.29, 1.82) is 0 Å². The number of carbonyl (C=O) groups is 1. The molecular weight excluding hydrogens is 410 g/mol. The molecule has 7 unspecified atom stereocenters. The fraction of sp³-hybridized carbons (Fsp3) is 0.966. The molecule has 0 bridgehead atoms. The molecule has 5 fully saturated rings. The highest BCUT2D eigenvalue weighted by molar-refractivity contribution is 5.67. The number of fused-ring (bicyclic) bond motifs is 5. The van der Waals surface area contributed by atoms with E-state index in [4.69, 9.17) is 4.74 Å². The summed E-state index contributed by atoms with van der Waals surface area (Å²) in [5.41, 5.74) is 1.10. The molecule has 5 saturated carbocycles. The van der Waals surface area contributed by atoms with E-state index in [1.807, 2.05) is 0 Å². The van der Waals surface area contributed by atoms with Crippen molar-refractivity contribution in [3.8, 4) is 0 Å². The maximum atomic E-state index is 12.1. The Morgan fingerprint density at radius 2 is 1.76 bits per heavy atom. The number of rotatable bonds is 5. The molecule has 0 heterocycles. The van der Waals surface area contributed by atoms with Crippen molar-refractivity contribution >= 4 is 6.09 Å². The third kappa shape index (κ3) is 4.25. The van der Waals surface area contributed by atoms with Crippen molar-refractivity contribution in [2.45, 2.75) is 123 Å². The molecule has 4 nitrogen and oxygen atoms in total. The maximum Gasteiger partial charge on any atom is 0.407 e. The van der Waals surface area contributed by atoms with Crippen molar-refractivity contribution in [2.24, 2.45) is 46.3 Å². The molecule has 0 radical (unpaired) electrons. The van der Waals surface area contributed by atoms with Crippen LogP contribution in [-0.2, 0) is 4.74 Å². The number of hydrogen-bond donors (Lipinski definition) is 2. The Bertz CT molecular complexity index is 711. The van der Waals surface area contributed by atoms with E-state index in [2.05, 4.69) is 26.1 Å². The lowest BCUT2D eigenvalue weighted by molar-refractivity contribution is -0.132. The fourth-order valence-corrected chi connectivity index (χ4v) is 10.2. The molecule has 10 atom stereocenters. The molecule has 0 aromatic carbocycles. The Kier molecular flexibility index (Phi) is 6.79. The molecule has 0 spiro atoms. The van der Waals surface area contributed by atoms with Gasteiger partial charge in [-0.25, -0.2) is 4.79 Å². The average molecular weight is 460 g/mol. The first-order valence-corrected chi connectivity index (χ1v) is 14.4. The topological polar surface area (TPSA) is 58.6 Å². The van der Waals surface area contributed by atoms with Crippen LogP contribution in [0.25, 0.3) is 0 Å². The number of alkyl carbamates (subject to hydrolysis) is 1. The SMILES string of the molecule is C[C@H]1CC2C3CCC(CCCOC(=O)NC4CCCC4O)C3(C)CC[C@@H]2[C@@]2(C)CCCCC12. The van der Waals surface area contributed by atoms with Gasteiger partial charge in [0, 0.05) is 0 Å². The molecule has 2 N–H and O–H groups in total. The third-order valence-electron chi connectivity index (χ3n) is 11.9. The van der Waals surface area contributed by atoms with E-state index in [-0.39, 0.29) is 12.1 Å². The molecule has 0 aromatic heterocycles.